The standard InChI is InChI=1S/C63H38F2N4O2/c64-49-33-17-19-35-51(49)68(41-25-9-3-10-26-41)53-37-47-55(59-57(53)66-61(70-59)39-21-5-1-6-22-39)56-48(63(47)45-31-15-13-29-43(45)44-30-14-16-32-46(44)63)38-54(58-60(56)71-62(67-58)40-23-7-2-8-24-40)69(42-27-11-4-12-28-42)52-36-20-18-34-50(52)65/h1-38H. The highest BCUT2D eigenvalue weighted by Crippen LogP contribution is 2.67. The van der Waals surface area contributed by atoms with Gasteiger partial charge in [-0.2, -0.15) is 0 Å². The van der Waals surface area contributed by atoms with Crippen molar-refractivity contribution in [1.29, 1.82) is 0 Å². The van der Waals surface area contributed by atoms with E-state index in [2.05, 4.69) is 60.7 Å². The molecule has 0 saturated carbocycles. The molecular formula is C63H38F2N4O2. The van der Waals surface area contributed by atoms with Gasteiger partial charge in [0.1, 0.15) is 22.7 Å². The molecule has 336 valence electrons. The van der Waals surface area contributed by atoms with Crippen LogP contribution in [0.3, 0.4) is 0 Å². The topological polar surface area (TPSA) is 58.5 Å². The van der Waals surface area contributed by atoms with Crippen LogP contribution in [-0.2, 0) is 5.41 Å². The summed E-state index contributed by atoms with van der Waals surface area (Å²) < 4.78 is 47.8. The second kappa shape index (κ2) is 15.8. The second-order valence-corrected chi connectivity index (χ2v) is 17.8. The summed E-state index contributed by atoms with van der Waals surface area (Å²) in [5, 5.41) is 0. The minimum Gasteiger partial charge on any atom is -0.435 e. The van der Waals surface area contributed by atoms with Crippen LogP contribution in [0.1, 0.15) is 22.3 Å². The Balaban J connectivity index is 1.20. The Morgan fingerprint density at radius 1 is 0.352 bits per heavy atom. The molecule has 71 heavy (non-hydrogen) atoms. The Bertz CT molecular complexity index is 3780. The first-order chi connectivity index (χ1) is 35.1. The van der Waals surface area contributed by atoms with Gasteiger partial charge in [0.25, 0.3) is 0 Å². The molecule has 2 heterocycles. The Hall–Kier alpha value is -9.40. The van der Waals surface area contributed by atoms with Crippen LogP contribution in [0.2, 0.25) is 0 Å². The zero-order valence-electron chi connectivity index (χ0n) is 37.8. The van der Waals surface area contributed by atoms with Gasteiger partial charge in [0.15, 0.2) is 11.2 Å². The van der Waals surface area contributed by atoms with Crippen LogP contribution in [0.4, 0.5) is 42.9 Å². The summed E-state index contributed by atoms with van der Waals surface area (Å²) in [6.07, 6.45) is 0. The summed E-state index contributed by atoms with van der Waals surface area (Å²) in [7, 11) is 0. The molecule has 8 heteroatoms. The Labute approximate surface area is 407 Å². The molecule has 12 aromatic rings. The van der Waals surface area contributed by atoms with E-state index < -0.39 is 17.0 Å². The molecular weight excluding hydrogens is 883 g/mol. The van der Waals surface area contributed by atoms with Crippen molar-refractivity contribution < 1.29 is 17.6 Å². The lowest BCUT2D eigenvalue weighted by molar-refractivity contribution is 0.616. The molecule has 14 rings (SSSR count). The van der Waals surface area contributed by atoms with E-state index in [1.54, 1.807) is 24.3 Å². The quantitative estimate of drug-likeness (QED) is 0.151. The first kappa shape index (κ1) is 40.6. The molecule has 0 fully saturated rings. The third-order valence-electron chi connectivity index (χ3n) is 14.0. The van der Waals surface area contributed by atoms with E-state index in [0.717, 1.165) is 67.0 Å². The first-order valence-electron chi connectivity index (χ1n) is 23.5. The van der Waals surface area contributed by atoms with Crippen LogP contribution in [0.15, 0.2) is 239 Å². The molecule has 10 aromatic carbocycles. The average Bonchev–Trinajstić information content (AvgIpc) is 4.23. The summed E-state index contributed by atoms with van der Waals surface area (Å²) >= 11 is 0. The number of anilines is 6. The molecule has 2 aliphatic carbocycles. The highest BCUT2D eigenvalue weighted by Gasteiger charge is 2.55. The molecule has 2 aliphatic rings. The molecule has 0 unspecified atom stereocenters. The SMILES string of the molecule is Fc1ccccc1N(c1ccccc1)c1cc2c(c3oc(-c4ccccc4)nc13)-c1c(cc(N(c3ccccc3)c3ccccc3F)c3nc(-c4ccccc4)oc13)C21c2ccccc2-c2ccccc21. The van der Waals surface area contributed by atoms with E-state index in [0.29, 0.717) is 56.7 Å². The molecule has 2 aromatic heterocycles. The fraction of sp³-hybridized carbons (Fsp3) is 0.0159. The lowest BCUT2D eigenvalue weighted by Crippen LogP contribution is -2.27. The first-order valence-corrected chi connectivity index (χ1v) is 23.5. The molecule has 0 amide bonds. The molecule has 0 radical (unpaired) electrons. The van der Waals surface area contributed by atoms with Gasteiger partial charge in [-0.15, -0.1) is 0 Å². The highest BCUT2D eigenvalue weighted by atomic mass is 19.1. The van der Waals surface area contributed by atoms with E-state index in [-0.39, 0.29) is 0 Å². The number of nitrogens with zero attached hydrogens (tertiary/aromatic N) is 4. The second-order valence-electron chi connectivity index (χ2n) is 17.8. The lowest BCUT2D eigenvalue weighted by atomic mass is 9.70. The zero-order chi connectivity index (χ0) is 47.2. The number of hydrogen-bond acceptors (Lipinski definition) is 6. The van der Waals surface area contributed by atoms with Gasteiger partial charge in [-0.05, 0) is 118 Å². The van der Waals surface area contributed by atoms with Gasteiger partial charge in [-0.1, -0.05) is 146 Å². The van der Waals surface area contributed by atoms with Crippen molar-refractivity contribution in [3.63, 3.8) is 0 Å². The van der Waals surface area contributed by atoms with Crippen LogP contribution >= 0.6 is 0 Å². The maximum absolute atomic E-state index is 16.7. The van der Waals surface area contributed by atoms with Crippen molar-refractivity contribution in [2.45, 2.75) is 5.41 Å². The number of fused-ring (bicyclic) bond motifs is 14. The highest BCUT2D eigenvalue weighted by molar-refractivity contribution is 6.16. The molecule has 0 bridgehead atoms. The van der Waals surface area contributed by atoms with Crippen molar-refractivity contribution in [2.24, 2.45) is 0 Å². The summed E-state index contributed by atoms with van der Waals surface area (Å²) in [6.45, 7) is 0. The third-order valence-corrected chi connectivity index (χ3v) is 14.0. The van der Waals surface area contributed by atoms with Crippen molar-refractivity contribution in [3.05, 3.63) is 264 Å². The van der Waals surface area contributed by atoms with Crippen molar-refractivity contribution in [3.8, 4) is 45.2 Å². The number of rotatable bonds is 8. The van der Waals surface area contributed by atoms with Gasteiger partial charge in [-0.3, -0.25) is 0 Å². The lowest BCUT2D eigenvalue weighted by Gasteiger charge is -2.33. The van der Waals surface area contributed by atoms with Crippen LogP contribution in [0, 0.1) is 11.6 Å². The van der Waals surface area contributed by atoms with Crippen LogP contribution < -0.4 is 9.80 Å². The summed E-state index contributed by atoms with van der Waals surface area (Å²) in [5.74, 6) is -0.00247. The van der Waals surface area contributed by atoms with Gasteiger partial charge in [0, 0.05) is 33.6 Å². The number of halogens is 2. The van der Waals surface area contributed by atoms with Crippen LogP contribution in [-0.4, -0.2) is 9.97 Å². The van der Waals surface area contributed by atoms with Gasteiger partial charge >= 0.3 is 0 Å². The summed E-state index contributed by atoms with van der Waals surface area (Å²) in [6, 6.07) is 74.3. The van der Waals surface area contributed by atoms with Crippen LogP contribution in [0.25, 0.3) is 67.4 Å². The van der Waals surface area contributed by atoms with E-state index in [4.69, 9.17) is 18.8 Å². The molecule has 0 atom stereocenters. The normalized spacial score (nSPS) is 12.8. The summed E-state index contributed by atoms with van der Waals surface area (Å²) in [4.78, 5) is 14.6. The maximum atomic E-state index is 16.7. The minimum absolute atomic E-state index is 0.344. The van der Waals surface area contributed by atoms with Gasteiger partial charge in [0.05, 0.1) is 28.2 Å². The van der Waals surface area contributed by atoms with Crippen molar-refractivity contribution in [2.75, 3.05) is 9.80 Å². The van der Waals surface area contributed by atoms with E-state index in [9.17, 15) is 0 Å². The van der Waals surface area contributed by atoms with Gasteiger partial charge in [-0.25, -0.2) is 18.7 Å². The number of para-hydroxylation sites is 4. The van der Waals surface area contributed by atoms with Crippen LogP contribution in [0.5, 0.6) is 0 Å². The van der Waals surface area contributed by atoms with Crippen molar-refractivity contribution in [1.82, 2.24) is 9.97 Å². The largest absolute Gasteiger partial charge is 0.435 e. The van der Waals surface area contributed by atoms with E-state index in [1.807, 2.05) is 143 Å². The smallest absolute Gasteiger partial charge is 0.227 e. The molecule has 0 saturated heterocycles. The fourth-order valence-electron chi connectivity index (χ4n) is 11.2. The fourth-order valence-corrected chi connectivity index (χ4v) is 11.2. The average molecular weight is 921 g/mol. The Kier molecular flexibility index (Phi) is 9.06. The molecule has 0 aliphatic heterocycles. The number of oxazole rings is 2. The number of aromatic nitrogens is 2. The maximum Gasteiger partial charge on any atom is 0.227 e. The van der Waals surface area contributed by atoms with Gasteiger partial charge in [0.2, 0.25) is 11.8 Å². The number of benzene rings is 10. The molecule has 0 N–H and O–H groups in total. The zero-order valence-corrected chi connectivity index (χ0v) is 37.8. The molecule has 6 nitrogen and oxygen atoms in total. The molecule has 1 spiro atoms. The minimum atomic E-state index is -1.04. The summed E-state index contributed by atoms with van der Waals surface area (Å²) in [5.41, 5.74) is 13.5. The third kappa shape index (κ3) is 5.98. The Morgan fingerprint density at radius 2 is 0.704 bits per heavy atom. The van der Waals surface area contributed by atoms with Gasteiger partial charge < -0.3 is 18.6 Å². The van der Waals surface area contributed by atoms with E-state index in [1.165, 1.54) is 12.1 Å². The van der Waals surface area contributed by atoms with Crippen molar-refractivity contribution >= 4 is 56.3 Å². The van der Waals surface area contributed by atoms with E-state index >= 15 is 8.78 Å². The predicted octanol–water partition coefficient (Wildman–Crippen LogP) is 16.9. The monoisotopic (exact) mass is 920 g/mol. The predicted molar refractivity (Wildman–Crippen MR) is 278 cm³/mol. The number of hydrogen-bond donors (Lipinski definition) is 0. The Morgan fingerprint density at radius 3 is 1.11 bits per heavy atom.